The fourth-order valence-corrected chi connectivity index (χ4v) is 3.60. The van der Waals surface area contributed by atoms with Gasteiger partial charge in [-0.1, -0.05) is 13.8 Å². The van der Waals surface area contributed by atoms with Crippen molar-refractivity contribution in [2.75, 3.05) is 6.54 Å². The predicted molar refractivity (Wildman–Crippen MR) is 75.5 cm³/mol. The van der Waals surface area contributed by atoms with Crippen molar-refractivity contribution in [2.24, 2.45) is 18.7 Å². The van der Waals surface area contributed by atoms with Gasteiger partial charge in [-0.05, 0) is 30.9 Å². The van der Waals surface area contributed by atoms with Crippen LogP contribution in [-0.2, 0) is 17.1 Å². The van der Waals surface area contributed by atoms with Crippen molar-refractivity contribution < 1.29 is 8.42 Å². The second kappa shape index (κ2) is 5.78. The molecule has 1 rings (SSSR count). The van der Waals surface area contributed by atoms with Gasteiger partial charge in [0.15, 0.2) is 5.03 Å². The van der Waals surface area contributed by atoms with Gasteiger partial charge in [0.05, 0.1) is 0 Å². The van der Waals surface area contributed by atoms with Gasteiger partial charge in [-0.3, -0.25) is 0 Å². The number of nitrogens with one attached hydrogen (secondary N) is 1. The molecule has 0 unspecified atom stereocenters. The molecule has 1 heterocycles. The highest BCUT2D eigenvalue weighted by molar-refractivity contribution is 7.89. The molecule has 8 heteroatoms. The van der Waals surface area contributed by atoms with Gasteiger partial charge in [0.25, 0.3) is 10.0 Å². The molecular formula is C11H21ClN4O2S. The Hall–Kier alpha value is -0.630. The molecule has 1 atom stereocenters. The highest BCUT2D eigenvalue weighted by atomic mass is 35.5. The standard InChI is InChI=1S/C11H21ClN4O2S/c1-8(2)5-11(3,7-13)15-19(17,18)9-6-16(4)10(12)14-9/h6,8,15H,5,7,13H2,1-4H3/t11-/m1/s1. The maximum absolute atomic E-state index is 12.3. The summed E-state index contributed by atoms with van der Waals surface area (Å²) in [5.41, 5.74) is 5.00. The van der Waals surface area contributed by atoms with Crippen molar-refractivity contribution in [2.45, 2.75) is 37.8 Å². The lowest BCUT2D eigenvalue weighted by atomic mass is 9.92. The van der Waals surface area contributed by atoms with Crippen LogP contribution in [0.25, 0.3) is 0 Å². The molecule has 0 saturated heterocycles. The molecule has 1 aromatic heterocycles. The van der Waals surface area contributed by atoms with Crippen LogP contribution in [0.15, 0.2) is 11.2 Å². The molecule has 110 valence electrons. The number of halogens is 1. The van der Waals surface area contributed by atoms with E-state index < -0.39 is 15.6 Å². The smallest absolute Gasteiger partial charge is 0.260 e. The van der Waals surface area contributed by atoms with Gasteiger partial charge in [0.2, 0.25) is 5.28 Å². The van der Waals surface area contributed by atoms with E-state index in [-0.39, 0.29) is 16.9 Å². The summed E-state index contributed by atoms with van der Waals surface area (Å²) < 4.78 is 28.6. The monoisotopic (exact) mass is 308 g/mol. The number of aryl methyl sites for hydroxylation is 1. The molecule has 0 aromatic carbocycles. The third-order valence-corrected chi connectivity index (χ3v) is 4.62. The molecule has 0 aliphatic rings. The van der Waals surface area contributed by atoms with E-state index in [0.717, 1.165) is 0 Å². The van der Waals surface area contributed by atoms with Crippen LogP contribution in [0.2, 0.25) is 5.28 Å². The summed E-state index contributed by atoms with van der Waals surface area (Å²) in [5.74, 6) is 0.323. The molecular weight excluding hydrogens is 288 g/mol. The molecule has 0 spiro atoms. The normalized spacial score (nSPS) is 15.7. The van der Waals surface area contributed by atoms with Gasteiger partial charge in [-0.25, -0.2) is 18.1 Å². The van der Waals surface area contributed by atoms with E-state index >= 15 is 0 Å². The van der Waals surface area contributed by atoms with Gasteiger partial charge in [0.1, 0.15) is 0 Å². The highest BCUT2D eigenvalue weighted by Gasteiger charge is 2.31. The number of nitrogens with two attached hydrogens (primary N) is 1. The van der Waals surface area contributed by atoms with Crippen LogP contribution in [0.5, 0.6) is 0 Å². The zero-order valence-corrected chi connectivity index (χ0v) is 13.2. The summed E-state index contributed by atoms with van der Waals surface area (Å²) in [5, 5.41) is 0.0297. The zero-order chi connectivity index (χ0) is 14.8. The maximum Gasteiger partial charge on any atom is 0.260 e. The molecule has 0 radical (unpaired) electrons. The number of nitrogens with zero attached hydrogens (tertiary/aromatic N) is 2. The molecule has 3 N–H and O–H groups in total. The number of rotatable bonds is 6. The van der Waals surface area contributed by atoms with Gasteiger partial charge in [-0.15, -0.1) is 0 Å². The maximum atomic E-state index is 12.3. The van der Waals surface area contributed by atoms with Crippen LogP contribution in [0, 0.1) is 5.92 Å². The van der Waals surface area contributed by atoms with E-state index in [9.17, 15) is 8.42 Å². The van der Waals surface area contributed by atoms with Crippen molar-refractivity contribution in [1.29, 1.82) is 0 Å². The Bertz CT molecular complexity index is 521. The summed E-state index contributed by atoms with van der Waals surface area (Å²) in [6, 6.07) is 0. The molecule has 0 fully saturated rings. The second-order valence-electron chi connectivity index (χ2n) is 5.43. The van der Waals surface area contributed by atoms with Gasteiger partial charge < -0.3 is 10.3 Å². The van der Waals surface area contributed by atoms with E-state index in [4.69, 9.17) is 17.3 Å². The summed E-state index contributed by atoms with van der Waals surface area (Å²) in [4.78, 5) is 3.82. The van der Waals surface area contributed by atoms with Crippen LogP contribution < -0.4 is 10.5 Å². The fraction of sp³-hybridized carbons (Fsp3) is 0.727. The fourth-order valence-electron chi connectivity index (χ4n) is 1.99. The Morgan fingerprint density at radius 1 is 1.58 bits per heavy atom. The third-order valence-electron chi connectivity index (χ3n) is 2.76. The Morgan fingerprint density at radius 2 is 2.16 bits per heavy atom. The summed E-state index contributed by atoms with van der Waals surface area (Å²) >= 11 is 5.76. The molecule has 0 amide bonds. The highest BCUT2D eigenvalue weighted by Crippen LogP contribution is 2.20. The van der Waals surface area contributed by atoms with Crippen LogP contribution >= 0.6 is 11.6 Å². The minimum absolute atomic E-state index is 0.0940. The summed E-state index contributed by atoms with van der Waals surface area (Å²) in [6.45, 7) is 6.03. The molecule has 0 saturated carbocycles. The number of sulfonamides is 1. The average molecular weight is 309 g/mol. The van der Waals surface area contributed by atoms with E-state index in [1.54, 1.807) is 14.0 Å². The molecule has 0 aliphatic heterocycles. The lowest BCUT2D eigenvalue weighted by Gasteiger charge is -2.30. The number of imidazole rings is 1. The van der Waals surface area contributed by atoms with Gasteiger partial charge in [-0.2, -0.15) is 0 Å². The number of aromatic nitrogens is 2. The molecule has 1 aromatic rings. The molecule has 0 aliphatic carbocycles. The van der Waals surface area contributed by atoms with Crippen LogP contribution in [0.4, 0.5) is 0 Å². The summed E-state index contributed by atoms with van der Waals surface area (Å²) in [7, 11) is -2.09. The van der Waals surface area contributed by atoms with Crippen molar-refractivity contribution >= 4 is 21.6 Å². The lowest BCUT2D eigenvalue weighted by Crippen LogP contribution is -2.52. The van der Waals surface area contributed by atoms with Crippen molar-refractivity contribution in [3.8, 4) is 0 Å². The zero-order valence-electron chi connectivity index (χ0n) is 11.6. The van der Waals surface area contributed by atoms with Crippen molar-refractivity contribution in [3.05, 3.63) is 11.5 Å². The average Bonchev–Trinajstić information content (AvgIpc) is 2.58. The first kappa shape index (κ1) is 16.4. The van der Waals surface area contributed by atoms with Crippen molar-refractivity contribution in [1.82, 2.24) is 14.3 Å². The van der Waals surface area contributed by atoms with E-state index in [0.29, 0.717) is 12.3 Å². The van der Waals surface area contributed by atoms with Crippen molar-refractivity contribution in [3.63, 3.8) is 0 Å². The summed E-state index contributed by atoms with van der Waals surface area (Å²) in [6.07, 6.45) is 2.01. The van der Waals surface area contributed by atoms with E-state index in [1.165, 1.54) is 10.8 Å². The number of hydrogen-bond donors (Lipinski definition) is 2. The number of hydrogen-bond acceptors (Lipinski definition) is 4. The molecule has 0 bridgehead atoms. The Balaban J connectivity index is 3.01. The molecule has 6 nitrogen and oxygen atoms in total. The molecule has 19 heavy (non-hydrogen) atoms. The first-order valence-electron chi connectivity index (χ1n) is 6.02. The Labute approximate surface area is 119 Å². The second-order valence-corrected chi connectivity index (χ2v) is 7.39. The lowest BCUT2D eigenvalue weighted by molar-refractivity contribution is 0.344. The first-order valence-corrected chi connectivity index (χ1v) is 7.88. The minimum atomic E-state index is -3.72. The SMILES string of the molecule is CC(C)C[C@](C)(CN)NS(=O)(=O)c1cn(C)c(Cl)n1. The topological polar surface area (TPSA) is 90.0 Å². The first-order chi connectivity index (χ1) is 8.59. The van der Waals surface area contributed by atoms with Gasteiger partial charge in [0, 0.05) is 25.3 Å². The van der Waals surface area contributed by atoms with Gasteiger partial charge >= 0.3 is 0 Å². The predicted octanol–water partition coefficient (Wildman–Crippen LogP) is 1.12. The van der Waals surface area contributed by atoms with Crippen LogP contribution in [0.3, 0.4) is 0 Å². The largest absolute Gasteiger partial charge is 0.329 e. The third kappa shape index (κ3) is 4.17. The Kier molecular flexibility index (Phi) is 5.00. The Morgan fingerprint density at radius 3 is 2.53 bits per heavy atom. The van der Waals surface area contributed by atoms with E-state index in [2.05, 4.69) is 9.71 Å². The van der Waals surface area contributed by atoms with E-state index in [1.807, 2.05) is 13.8 Å². The van der Waals surface area contributed by atoms with Crippen LogP contribution in [-0.4, -0.2) is 30.1 Å². The van der Waals surface area contributed by atoms with Crippen LogP contribution in [0.1, 0.15) is 27.2 Å². The quantitative estimate of drug-likeness (QED) is 0.824. The minimum Gasteiger partial charge on any atom is -0.329 e.